The van der Waals surface area contributed by atoms with E-state index in [4.69, 9.17) is 27.3 Å². The minimum absolute atomic E-state index is 0.320. The van der Waals surface area contributed by atoms with Gasteiger partial charge in [-0.1, -0.05) is 42.8 Å². The van der Waals surface area contributed by atoms with E-state index in [1.54, 1.807) is 0 Å². The van der Waals surface area contributed by atoms with Crippen molar-refractivity contribution in [1.82, 2.24) is 19.9 Å². The molecule has 0 aliphatic heterocycles. The second-order valence-electron chi connectivity index (χ2n) is 7.29. The minimum atomic E-state index is -0.509. The molecule has 0 saturated heterocycles. The van der Waals surface area contributed by atoms with Crippen LogP contribution in [0.4, 0.5) is 0 Å². The Morgan fingerprint density at radius 1 is 1.10 bits per heavy atom. The van der Waals surface area contributed by atoms with Gasteiger partial charge in [0.05, 0.1) is 21.1 Å². The van der Waals surface area contributed by atoms with Crippen LogP contribution in [0.2, 0.25) is 4.34 Å². The van der Waals surface area contributed by atoms with Crippen molar-refractivity contribution in [2.45, 2.75) is 33.1 Å². The molecule has 0 bridgehead atoms. The molecule has 3 N–H and O–H groups in total. The lowest BCUT2D eigenvalue weighted by Gasteiger charge is -2.12. The average molecular weight is 452 g/mol. The number of aryl methyl sites for hydroxylation is 1. The normalized spacial score (nSPS) is 11.1. The van der Waals surface area contributed by atoms with Crippen LogP contribution in [0.25, 0.3) is 10.7 Å². The number of halogens is 1. The van der Waals surface area contributed by atoms with Gasteiger partial charge in [0.15, 0.2) is 5.82 Å². The summed E-state index contributed by atoms with van der Waals surface area (Å²) in [7, 11) is 0. The number of hydrogen-bond acceptors (Lipinski definition) is 5. The Bertz CT molecular complexity index is 1230. The Morgan fingerprint density at radius 2 is 1.81 bits per heavy atom. The van der Waals surface area contributed by atoms with Crippen LogP contribution in [0.1, 0.15) is 51.3 Å². The maximum Gasteiger partial charge on any atom is 0.266 e. The average Bonchev–Trinajstić information content (AvgIpc) is 3.38. The zero-order chi connectivity index (χ0) is 22.0. The van der Waals surface area contributed by atoms with Gasteiger partial charge in [-0.3, -0.25) is 4.79 Å². The third kappa shape index (κ3) is 4.84. The van der Waals surface area contributed by atoms with Gasteiger partial charge in [0, 0.05) is 18.5 Å². The molecule has 0 aliphatic rings. The molecule has 0 aliphatic carbocycles. The van der Waals surface area contributed by atoms with Crippen LogP contribution in [0.3, 0.4) is 0 Å². The summed E-state index contributed by atoms with van der Waals surface area (Å²) in [5.41, 5.74) is 11.1. The zero-order valence-electron chi connectivity index (χ0n) is 17.3. The number of nitrogens with two attached hydrogens (primary N) is 1. The van der Waals surface area contributed by atoms with Crippen molar-refractivity contribution in [3.8, 4) is 10.7 Å². The molecule has 0 saturated carbocycles. The summed E-state index contributed by atoms with van der Waals surface area (Å²) in [5, 5.41) is 0. The smallest absolute Gasteiger partial charge is 0.266 e. The highest BCUT2D eigenvalue weighted by Gasteiger charge is 2.14. The maximum absolute atomic E-state index is 11.2. The van der Waals surface area contributed by atoms with E-state index in [0.717, 1.165) is 44.8 Å². The lowest BCUT2D eigenvalue weighted by atomic mass is 10.0. The molecule has 3 heterocycles. The lowest BCUT2D eigenvalue weighted by Crippen LogP contribution is -2.11. The topological polar surface area (TPSA) is 97.5 Å². The minimum Gasteiger partial charge on any atom is -0.364 e. The van der Waals surface area contributed by atoms with Crippen LogP contribution in [0.15, 0.2) is 42.6 Å². The van der Waals surface area contributed by atoms with Gasteiger partial charge in [0.1, 0.15) is 11.5 Å². The number of amides is 1. The number of carbonyl (C=O) groups is 1. The number of carbonyl (C=O) groups excluding carboxylic acids is 1. The molecule has 0 fully saturated rings. The van der Waals surface area contributed by atoms with Gasteiger partial charge in [-0.2, -0.15) is 0 Å². The molecule has 31 heavy (non-hydrogen) atoms. The van der Waals surface area contributed by atoms with E-state index >= 15 is 0 Å². The van der Waals surface area contributed by atoms with Gasteiger partial charge in [0.2, 0.25) is 0 Å². The van der Waals surface area contributed by atoms with E-state index in [9.17, 15) is 4.79 Å². The van der Waals surface area contributed by atoms with Crippen LogP contribution in [-0.2, 0) is 19.3 Å². The molecule has 0 atom stereocenters. The molecule has 0 spiro atoms. The summed E-state index contributed by atoms with van der Waals surface area (Å²) in [5.74, 6) is 0.923. The third-order valence-electron chi connectivity index (χ3n) is 5.11. The molecular formula is C23H22ClN5OS. The van der Waals surface area contributed by atoms with Crippen molar-refractivity contribution in [3.05, 3.63) is 86.5 Å². The number of benzene rings is 1. The number of hydrogen-bond donors (Lipinski definition) is 2. The molecule has 4 aromatic rings. The Balaban J connectivity index is 1.55. The van der Waals surface area contributed by atoms with Crippen molar-refractivity contribution in [2.24, 2.45) is 5.73 Å². The largest absolute Gasteiger partial charge is 0.364 e. The Labute approximate surface area is 189 Å². The van der Waals surface area contributed by atoms with Crippen LogP contribution in [0, 0.1) is 6.92 Å². The Kier molecular flexibility index (Phi) is 6.15. The molecule has 6 nitrogen and oxygen atoms in total. The highest BCUT2D eigenvalue weighted by molar-refractivity contribution is 7.19. The van der Waals surface area contributed by atoms with Gasteiger partial charge < -0.3 is 10.7 Å². The van der Waals surface area contributed by atoms with Crippen molar-refractivity contribution < 1.29 is 4.79 Å². The van der Waals surface area contributed by atoms with Crippen LogP contribution >= 0.6 is 22.9 Å². The molecule has 0 unspecified atom stereocenters. The van der Waals surface area contributed by atoms with Crippen molar-refractivity contribution in [3.63, 3.8) is 0 Å². The number of imidazole rings is 1. The van der Waals surface area contributed by atoms with Crippen LogP contribution in [-0.4, -0.2) is 25.8 Å². The third-order valence-corrected chi connectivity index (χ3v) is 6.33. The first-order valence-electron chi connectivity index (χ1n) is 9.96. The number of primary amides is 1. The van der Waals surface area contributed by atoms with Gasteiger partial charge in [-0.05, 0) is 42.2 Å². The van der Waals surface area contributed by atoms with Crippen molar-refractivity contribution >= 4 is 28.8 Å². The number of rotatable bonds is 7. The predicted octanol–water partition coefficient (Wildman–Crippen LogP) is 4.73. The predicted molar refractivity (Wildman–Crippen MR) is 124 cm³/mol. The van der Waals surface area contributed by atoms with Gasteiger partial charge in [-0.15, -0.1) is 11.3 Å². The number of nitrogens with one attached hydrogen (secondary N) is 1. The Morgan fingerprint density at radius 3 is 2.39 bits per heavy atom. The second-order valence-corrected chi connectivity index (χ2v) is 9.01. The monoisotopic (exact) mass is 451 g/mol. The van der Waals surface area contributed by atoms with E-state index in [1.165, 1.54) is 28.7 Å². The number of aromatic nitrogens is 4. The van der Waals surface area contributed by atoms with E-state index in [0.29, 0.717) is 17.9 Å². The molecule has 0 radical (unpaired) electrons. The fraction of sp³-hybridized carbons (Fsp3) is 0.217. The second kappa shape index (κ2) is 8.99. The highest BCUT2D eigenvalue weighted by atomic mass is 35.5. The summed E-state index contributed by atoms with van der Waals surface area (Å²) in [4.78, 5) is 28.9. The summed E-state index contributed by atoms with van der Waals surface area (Å²) >= 11 is 7.59. The van der Waals surface area contributed by atoms with E-state index < -0.39 is 5.91 Å². The first kappa shape index (κ1) is 21.2. The standard InChI is InChI=1S/C23H22ClN5OS/c1-3-16-13(2)27-23(19-8-9-20(24)31-19)29-17(16)10-14-4-6-15(7-5-14)11-21-26-12-18(28-21)22(25)30/h4-9,12H,3,10-11H2,1-2H3,(H2,25,30)(H,26,28). The van der Waals surface area contributed by atoms with Crippen molar-refractivity contribution in [2.75, 3.05) is 0 Å². The fourth-order valence-electron chi connectivity index (χ4n) is 3.55. The summed E-state index contributed by atoms with van der Waals surface area (Å²) in [6.45, 7) is 4.17. The lowest BCUT2D eigenvalue weighted by molar-refractivity contribution is 0.0996. The first-order valence-corrected chi connectivity index (χ1v) is 11.2. The quantitative estimate of drug-likeness (QED) is 0.424. The van der Waals surface area contributed by atoms with E-state index in [-0.39, 0.29) is 0 Å². The molecule has 8 heteroatoms. The van der Waals surface area contributed by atoms with Gasteiger partial charge in [-0.25, -0.2) is 15.0 Å². The van der Waals surface area contributed by atoms with Crippen molar-refractivity contribution in [1.29, 1.82) is 0 Å². The molecule has 3 aromatic heterocycles. The van der Waals surface area contributed by atoms with E-state index in [2.05, 4.69) is 41.2 Å². The van der Waals surface area contributed by atoms with Crippen LogP contribution < -0.4 is 5.73 Å². The number of H-pyrrole nitrogens is 1. The number of nitrogens with zero attached hydrogens (tertiary/aromatic N) is 3. The van der Waals surface area contributed by atoms with Crippen LogP contribution in [0.5, 0.6) is 0 Å². The summed E-state index contributed by atoms with van der Waals surface area (Å²) in [6, 6.07) is 12.2. The number of thiophene rings is 1. The summed E-state index contributed by atoms with van der Waals surface area (Å²) in [6.07, 6.45) is 3.68. The molecule has 1 amide bonds. The van der Waals surface area contributed by atoms with Gasteiger partial charge >= 0.3 is 0 Å². The molecule has 1 aromatic carbocycles. The number of aromatic amines is 1. The highest BCUT2D eigenvalue weighted by Crippen LogP contribution is 2.30. The molecular weight excluding hydrogens is 430 g/mol. The fourth-order valence-corrected chi connectivity index (χ4v) is 4.52. The molecule has 4 rings (SSSR count). The van der Waals surface area contributed by atoms with Gasteiger partial charge in [0.25, 0.3) is 5.91 Å². The molecule has 158 valence electrons. The SMILES string of the molecule is CCc1c(C)nc(-c2ccc(Cl)s2)nc1Cc1ccc(Cc2ncc(C(N)=O)[nH]2)cc1. The zero-order valence-corrected chi connectivity index (χ0v) is 18.8. The Hall–Kier alpha value is -3.03. The van der Waals surface area contributed by atoms with E-state index in [1.807, 2.05) is 19.1 Å². The first-order chi connectivity index (χ1) is 14.9. The summed E-state index contributed by atoms with van der Waals surface area (Å²) < 4.78 is 0.729. The maximum atomic E-state index is 11.2.